The van der Waals surface area contributed by atoms with Gasteiger partial charge >= 0.3 is 6.03 Å². The van der Waals surface area contributed by atoms with E-state index in [0.717, 1.165) is 55.2 Å². The van der Waals surface area contributed by atoms with Gasteiger partial charge in [-0.1, -0.05) is 6.07 Å². The molecule has 2 N–H and O–H groups in total. The molecule has 7 nitrogen and oxygen atoms in total. The number of aryl methyl sites for hydroxylation is 1. The fraction of sp³-hybridized carbons (Fsp3) is 0.407. The Labute approximate surface area is 218 Å². The summed E-state index contributed by atoms with van der Waals surface area (Å²) in [4.78, 5) is 19.9. The number of hydrogen-bond acceptors (Lipinski definition) is 6. The molecule has 196 valence electrons. The van der Waals surface area contributed by atoms with Gasteiger partial charge in [-0.15, -0.1) is 11.3 Å². The monoisotopic (exact) mass is 528 g/mol. The van der Waals surface area contributed by atoms with Crippen LogP contribution in [-0.2, 0) is 5.41 Å². The number of methoxy groups -OCH3 is 2. The van der Waals surface area contributed by atoms with Crippen LogP contribution in [-0.4, -0.2) is 43.9 Å². The number of aromatic nitrogens is 1. The number of nitrogens with one attached hydrogen (secondary N) is 2. The lowest BCUT2D eigenvalue weighted by Gasteiger charge is -2.45. The predicted molar refractivity (Wildman–Crippen MR) is 140 cm³/mol. The number of urea groups is 1. The highest BCUT2D eigenvalue weighted by Gasteiger charge is 2.52. The molecule has 1 aliphatic carbocycles. The number of anilines is 2. The van der Waals surface area contributed by atoms with Gasteiger partial charge in [0.1, 0.15) is 0 Å². The van der Waals surface area contributed by atoms with E-state index in [-0.39, 0.29) is 23.2 Å². The minimum absolute atomic E-state index is 0.0924. The molecule has 2 heterocycles. The van der Waals surface area contributed by atoms with Crippen LogP contribution in [0.2, 0.25) is 0 Å². The Balaban J connectivity index is 1.40. The number of thiazole rings is 1. The van der Waals surface area contributed by atoms with Crippen LogP contribution in [0.3, 0.4) is 0 Å². The molecule has 1 aliphatic heterocycles. The van der Waals surface area contributed by atoms with E-state index in [1.807, 2.05) is 13.0 Å². The molecule has 3 atom stereocenters. The van der Waals surface area contributed by atoms with Gasteiger partial charge in [-0.25, -0.2) is 18.6 Å². The zero-order valence-corrected chi connectivity index (χ0v) is 21.8. The highest BCUT2D eigenvalue weighted by Crippen LogP contribution is 2.51. The largest absolute Gasteiger partial charge is 0.493 e. The Morgan fingerprint density at radius 3 is 2.62 bits per heavy atom. The summed E-state index contributed by atoms with van der Waals surface area (Å²) in [5, 5.41) is 8.71. The summed E-state index contributed by atoms with van der Waals surface area (Å²) >= 11 is 1.63. The second-order valence-electron chi connectivity index (χ2n) is 9.66. The van der Waals surface area contributed by atoms with Crippen LogP contribution in [0.1, 0.15) is 36.9 Å². The molecule has 2 amide bonds. The van der Waals surface area contributed by atoms with Crippen LogP contribution in [0, 0.1) is 18.6 Å². The molecule has 1 saturated carbocycles. The van der Waals surface area contributed by atoms with Gasteiger partial charge < -0.3 is 25.0 Å². The van der Waals surface area contributed by atoms with Crippen molar-refractivity contribution in [1.29, 1.82) is 0 Å². The summed E-state index contributed by atoms with van der Waals surface area (Å²) in [6.07, 6.45) is 3.32. The normalized spacial score (nSPS) is 22.9. The van der Waals surface area contributed by atoms with E-state index < -0.39 is 17.7 Å². The van der Waals surface area contributed by atoms with Gasteiger partial charge in [-0.2, -0.15) is 0 Å². The van der Waals surface area contributed by atoms with Crippen LogP contribution >= 0.6 is 11.3 Å². The van der Waals surface area contributed by atoms with Gasteiger partial charge in [0, 0.05) is 41.2 Å². The highest BCUT2D eigenvalue weighted by atomic mass is 32.1. The Morgan fingerprint density at radius 1 is 1.11 bits per heavy atom. The first-order valence-electron chi connectivity index (χ1n) is 12.3. The van der Waals surface area contributed by atoms with Crippen molar-refractivity contribution in [3.8, 4) is 11.5 Å². The van der Waals surface area contributed by atoms with Gasteiger partial charge in [0.15, 0.2) is 28.3 Å². The minimum Gasteiger partial charge on any atom is -0.493 e. The van der Waals surface area contributed by atoms with Crippen molar-refractivity contribution in [2.75, 3.05) is 31.0 Å². The first kappa shape index (κ1) is 25.3. The maximum absolute atomic E-state index is 13.6. The molecule has 5 rings (SSSR count). The number of benzene rings is 2. The van der Waals surface area contributed by atoms with Gasteiger partial charge in [-0.05, 0) is 62.4 Å². The van der Waals surface area contributed by atoms with Crippen molar-refractivity contribution in [2.45, 2.75) is 50.1 Å². The Kier molecular flexibility index (Phi) is 6.94. The molecule has 10 heteroatoms. The molecule has 3 aromatic rings. The minimum atomic E-state index is -1.00. The Morgan fingerprint density at radius 2 is 1.92 bits per heavy atom. The zero-order valence-electron chi connectivity index (χ0n) is 21.0. The molecule has 0 bridgehead atoms. The molecule has 0 spiro atoms. The van der Waals surface area contributed by atoms with E-state index in [9.17, 15) is 13.6 Å². The molecule has 1 aromatic heterocycles. The molecule has 2 fully saturated rings. The van der Waals surface area contributed by atoms with Gasteiger partial charge in [0.25, 0.3) is 0 Å². The van der Waals surface area contributed by atoms with E-state index in [1.54, 1.807) is 25.6 Å². The number of halogens is 2. The number of hydrogen-bond donors (Lipinski definition) is 2. The van der Waals surface area contributed by atoms with Gasteiger partial charge in [-0.3, -0.25) is 0 Å². The van der Waals surface area contributed by atoms with Crippen LogP contribution in [0.5, 0.6) is 11.5 Å². The van der Waals surface area contributed by atoms with Gasteiger partial charge in [0.2, 0.25) is 0 Å². The lowest BCUT2D eigenvalue weighted by molar-refractivity contribution is 0.220. The average Bonchev–Trinajstić information content (AvgIpc) is 3.49. The van der Waals surface area contributed by atoms with Crippen LogP contribution in [0.25, 0.3) is 0 Å². The van der Waals surface area contributed by atoms with E-state index in [4.69, 9.17) is 14.5 Å². The molecular weight excluding hydrogens is 498 g/mol. The van der Waals surface area contributed by atoms with Crippen molar-refractivity contribution < 1.29 is 23.0 Å². The number of rotatable bonds is 6. The van der Waals surface area contributed by atoms with E-state index >= 15 is 0 Å². The van der Waals surface area contributed by atoms with Crippen molar-refractivity contribution in [1.82, 2.24) is 10.3 Å². The third kappa shape index (κ3) is 4.82. The topological polar surface area (TPSA) is 75.7 Å². The second kappa shape index (κ2) is 10.2. The third-order valence-electron chi connectivity index (χ3n) is 7.58. The number of fused-ring (bicyclic) bond motifs is 1. The van der Waals surface area contributed by atoms with Crippen LogP contribution < -0.4 is 25.0 Å². The number of carbonyl (C=O) groups is 1. The number of carbonyl (C=O) groups excluding carboxylic acids is 1. The summed E-state index contributed by atoms with van der Waals surface area (Å²) in [5.41, 5.74) is 2.25. The predicted octanol–water partition coefficient (Wildman–Crippen LogP) is 5.64. The van der Waals surface area contributed by atoms with Crippen molar-refractivity contribution >= 4 is 28.2 Å². The lowest BCUT2D eigenvalue weighted by atomic mass is 9.65. The fourth-order valence-electron chi connectivity index (χ4n) is 5.79. The summed E-state index contributed by atoms with van der Waals surface area (Å²) in [6, 6.07) is 9.03. The first-order chi connectivity index (χ1) is 17.8. The summed E-state index contributed by atoms with van der Waals surface area (Å²) in [5.74, 6) is -0.573. The quantitative estimate of drug-likeness (QED) is 0.433. The van der Waals surface area contributed by atoms with Crippen molar-refractivity contribution in [2.24, 2.45) is 0 Å². The average molecular weight is 529 g/mol. The van der Waals surface area contributed by atoms with Gasteiger partial charge in [0.05, 0.1) is 19.9 Å². The summed E-state index contributed by atoms with van der Waals surface area (Å²) in [7, 11) is 3.27. The number of nitrogens with zero attached hydrogens (tertiary/aromatic N) is 2. The lowest BCUT2D eigenvalue weighted by Crippen LogP contribution is -2.53. The number of amides is 2. The second-order valence-corrected chi connectivity index (χ2v) is 10.5. The fourth-order valence-corrected chi connectivity index (χ4v) is 6.67. The van der Waals surface area contributed by atoms with E-state index in [0.29, 0.717) is 11.5 Å². The number of ether oxygens (including phenoxy) is 2. The molecule has 2 aromatic carbocycles. The van der Waals surface area contributed by atoms with E-state index in [1.165, 1.54) is 11.6 Å². The van der Waals surface area contributed by atoms with Crippen molar-refractivity contribution in [3.05, 3.63) is 64.7 Å². The maximum Gasteiger partial charge on any atom is 0.319 e. The maximum atomic E-state index is 13.6. The third-order valence-corrected chi connectivity index (χ3v) is 8.58. The van der Waals surface area contributed by atoms with E-state index in [2.05, 4.69) is 33.0 Å². The molecule has 0 unspecified atom stereocenters. The Bertz CT molecular complexity index is 1300. The highest BCUT2D eigenvalue weighted by molar-refractivity contribution is 7.13. The van der Waals surface area contributed by atoms with Crippen LogP contribution in [0.4, 0.5) is 24.4 Å². The van der Waals surface area contributed by atoms with Crippen molar-refractivity contribution in [3.63, 3.8) is 0 Å². The van der Waals surface area contributed by atoms with Crippen LogP contribution in [0.15, 0.2) is 41.8 Å². The Hall–Kier alpha value is -3.40. The molecule has 2 aliphatic rings. The summed E-state index contributed by atoms with van der Waals surface area (Å²) < 4.78 is 37.9. The summed E-state index contributed by atoms with van der Waals surface area (Å²) in [6.45, 7) is 2.85. The SMILES string of the molecule is COc1ccc([C@@]23CC[C@@H](NC(=O)Nc4ccc(F)c(F)c4)C[C@@H]2N(c2nc(C)cs2)CC3)cc1OC. The molecular formula is C27H30F2N4O3S. The standard InChI is InChI=1S/C27H30F2N4O3S/c1-16-15-37-26(30-16)33-11-10-27(17-4-7-22(35-2)23(12-17)36-3)9-8-19(14-24(27)33)32-25(34)31-18-5-6-20(28)21(29)13-18/h4-7,12-13,15,19,24H,8-11,14H2,1-3H3,(H2,31,32,34)/t19-,24+,27+/m1/s1. The molecule has 1 saturated heterocycles. The zero-order chi connectivity index (χ0) is 26.2. The smallest absolute Gasteiger partial charge is 0.319 e. The molecule has 0 radical (unpaired) electrons. The first-order valence-corrected chi connectivity index (χ1v) is 13.1. The molecule has 37 heavy (non-hydrogen) atoms.